The summed E-state index contributed by atoms with van der Waals surface area (Å²) in [7, 11) is 0. The molecular formula is C12H9NO4. The molecular weight excluding hydrogens is 222 g/mol. The third-order valence-electron chi connectivity index (χ3n) is 2.02. The van der Waals surface area contributed by atoms with E-state index in [2.05, 4.69) is 4.98 Å². The van der Waals surface area contributed by atoms with Gasteiger partial charge < -0.3 is 14.9 Å². The van der Waals surface area contributed by atoms with Gasteiger partial charge in [0.05, 0.1) is 0 Å². The summed E-state index contributed by atoms with van der Waals surface area (Å²) in [5.41, 5.74) is -0.0821. The third-order valence-corrected chi connectivity index (χ3v) is 2.02. The third kappa shape index (κ3) is 2.72. The van der Waals surface area contributed by atoms with Gasteiger partial charge in [-0.1, -0.05) is 0 Å². The summed E-state index contributed by atoms with van der Waals surface area (Å²) in [5, 5.41) is 17.9. The Hall–Kier alpha value is -2.56. The highest BCUT2D eigenvalue weighted by Gasteiger charge is 2.06. The molecule has 1 aromatic carbocycles. The van der Waals surface area contributed by atoms with Crippen molar-refractivity contribution in [2.75, 3.05) is 0 Å². The van der Waals surface area contributed by atoms with E-state index in [9.17, 15) is 4.79 Å². The normalized spacial score (nSPS) is 9.88. The summed E-state index contributed by atoms with van der Waals surface area (Å²) in [6.45, 7) is 0. The number of aromatic carboxylic acids is 1. The van der Waals surface area contributed by atoms with Crippen LogP contribution in [0.15, 0.2) is 42.6 Å². The molecule has 0 aliphatic rings. The van der Waals surface area contributed by atoms with Crippen molar-refractivity contribution in [1.29, 1.82) is 0 Å². The Morgan fingerprint density at radius 3 is 2.47 bits per heavy atom. The minimum absolute atomic E-state index is 0.0821. The van der Waals surface area contributed by atoms with Crippen LogP contribution in [0.3, 0.4) is 0 Å². The number of carboxylic acids is 1. The summed E-state index contributed by atoms with van der Waals surface area (Å²) in [4.78, 5) is 14.4. The highest BCUT2D eigenvalue weighted by molar-refractivity contribution is 5.85. The number of aromatic nitrogens is 1. The van der Waals surface area contributed by atoms with E-state index in [4.69, 9.17) is 14.9 Å². The van der Waals surface area contributed by atoms with Gasteiger partial charge in [-0.25, -0.2) is 9.78 Å². The molecule has 0 radical (unpaired) electrons. The average molecular weight is 231 g/mol. The minimum Gasteiger partial charge on any atom is -0.508 e. The van der Waals surface area contributed by atoms with Gasteiger partial charge in [-0.2, -0.15) is 0 Å². The van der Waals surface area contributed by atoms with Crippen molar-refractivity contribution in [2.24, 2.45) is 0 Å². The Morgan fingerprint density at radius 1 is 1.12 bits per heavy atom. The summed E-state index contributed by atoms with van der Waals surface area (Å²) in [5.74, 6) is -0.0899. The Morgan fingerprint density at radius 2 is 1.82 bits per heavy atom. The number of carbonyl (C=O) groups is 1. The maximum Gasteiger partial charge on any atom is 0.354 e. The lowest BCUT2D eigenvalue weighted by Gasteiger charge is -2.05. The zero-order valence-electron chi connectivity index (χ0n) is 8.70. The van der Waals surface area contributed by atoms with Crippen LogP contribution in [0, 0.1) is 0 Å². The van der Waals surface area contributed by atoms with Crippen molar-refractivity contribution >= 4 is 5.97 Å². The molecule has 5 nitrogen and oxygen atoms in total. The number of hydrogen-bond acceptors (Lipinski definition) is 4. The van der Waals surface area contributed by atoms with E-state index in [0.717, 1.165) is 0 Å². The number of benzene rings is 1. The maximum atomic E-state index is 10.7. The van der Waals surface area contributed by atoms with Crippen LogP contribution in [0.25, 0.3) is 0 Å². The van der Waals surface area contributed by atoms with Crippen LogP contribution >= 0.6 is 0 Å². The van der Waals surface area contributed by atoms with Crippen molar-refractivity contribution in [3.05, 3.63) is 48.3 Å². The first-order valence-electron chi connectivity index (χ1n) is 4.81. The number of aromatic hydroxyl groups is 1. The molecule has 0 spiro atoms. The number of carboxylic acid groups (broad SMARTS) is 1. The molecule has 0 bridgehead atoms. The summed E-state index contributed by atoms with van der Waals surface area (Å²) in [6, 6.07) is 9.00. The van der Waals surface area contributed by atoms with Gasteiger partial charge in [0.15, 0.2) is 5.69 Å². The number of phenolic OH excluding ortho intramolecular Hbond substituents is 1. The smallest absolute Gasteiger partial charge is 0.354 e. The molecule has 0 saturated carbocycles. The molecule has 2 rings (SSSR count). The van der Waals surface area contributed by atoms with E-state index in [-0.39, 0.29) is 11.4 Å². The highest BCUT2D eigenvalue weighted by Crippen LogP contribution is 2.23. The summed E-state index contributed by atoms with van der Waals surface area (Å²) in [6.07, 6.45) is 1.36. The van der Waals surface area contributed by atoms with Gasteiger partial charge in [-0.05, 0) is 30.3 Å². The van der Waals surface area contributed by atoms with Gasteiger partial charge in [0, 0.05) is 12.3 Å². The van der Waals surface area contributed by atoms with E-state index in [1.807, 2.05) is 0 Å². The molecule has 0 atom stereocenters. The molecule has 2 N–H and O–H groups in total. The molecule has 1 aromatic heterocycles. The van der Waals surface area contributed by atoms with Crippen molar-refractivity contribution in [1.82, 2.24) is 4.98 Å². The highest BCUT2D eigenvalue weighted by atomic mass is 16.5. The molecule has 5 heteroatoms. The molecule has 0 aliphatic carbocycles. The molecule has 0 aliphatic heterocycles. The number of phenols is 1. The monoisotopic (exact) mass is 231 g/mol. The topological polar surface area (TPSA) is 79.7 Å². The molecule has 0 unspecified atom stereocenters. The number of nitrogens with zero attached hydrogens (tertiary/aromatic N) is 1. The van der Waals surface area contributed by atoms with Crippen LogP contribution < -0.4 is 4.74 Å². The van der Waals surface area contributed by atoms with E-state index < -0.39 is 5.97 Å². The van der Waals surface area contributed by atoms with Gasteiger partial charge in [0.2, 0.25) is 0 Å². The van der Waals surface area contributed by atoms with Crippen LogP contribution in [0.2, 0.25) is 0 Å². The Balaban J connectivity index is 2.21. The Bertz CT molecular complexity index is 536. The molecule has 0 saturated heterocycles. The first kappa shape index (κ1) is 10.9. The van der Waals surface area contributed by atoms with E-state index >= 15 is 0 Å². The number of ether oxygens (including phenoxy) is 1. The van der Waals surface area contributed by atoms with Gasteiger partial charge >= 0.3 is 5.97 Å². The lowest BCUT2D eigenvalue weighted by Crippen LogP contribution is -1.99. The standard InChI is InChI=1S/C12H9NO4/c14-8-1-3-9(4-2-8)17-10-5-6-13-11(7-10)12(15)16/h1-7,14H,(H,15,16). The van der Waals surface area contributed by atoms with Crippen molar-refractivity contribution < 1.29 is 19.7 Å². The second kappa shape index (κ2) is 4.52. The fraction of sp³-hybridized carbons (Fsp3) is 0. The second-order valence-corrected chi connectivity index (χ2v) is 3.28. The second-order valence-electron chi connectivity index (χ2n) is 3.28. The van der Waals surface area contributed by atoms with Crippen LogP contribution in [0.5, 0.6) is 17.2 Å². The van der Waals surface area contributed by atoms with Gasteiger partial charge in [-0.15, -0.1) is 0 Å². The van der Waals surface area contributed by atoms with Crippen LogP contribution in [0.4, 0.5) is 0 Å². The van der Waals surface area contributed by atoms with Crippen LogP contribution in [-0.2, 0) is 0 Å². The summed E-state index contributed by atoms with van der Waals surface area (Å²) < 4.78 is 5.41. The van der Waals surface area contributed by atoms with Crippen molar-refractivity contribution in [3.8, 4) is 17.2 Å². The van der Waals surface area contributed by atoms with Crippen LogP contribution in [-0.4, -0.2) is 21.2 Å². The Kier molecular flexibility index (Phi) is 2.91. The summed E-state index contributed by atoms with van der Waals surface area (Å²) >= 11 is 0. The lowest BCUT2D eigenvalue weighted by molar-refractivity contribution is 0.0690. The van der Waals surface area contributed by atoms with Crippen LogP contribution in [0.1, 0.15) is 10.5 Å². The predicted octanol–water partition coefficient (Wildman–Crippen LogP) is 2.28. The molecule has 0 amide bonds. The average Bonchev–Trinajstić information content (AvgIpc) is 2.32. The molecule has 2 aromatic rings. The minimum atomic E-state index is -1.11. The molecule has 1 heterocycles. The lowest BCUT2D eigenvalue weighted by atomic mass is 10.3. The first-order chi connectivity index (χ1) is 8.15. The fourth-order valence-corrected chi connectivity index (χ4v) is 1.24. The SMILES string of the molecule is O=C(O)c1cc(Oc2ccc(O)cc2)ccn1. The van der Waals surface area contributed by atoms with Crippen molar-refractivity contribution in [3.63, 3.8) is 0 Å². The van der Waals surface area contributed by atoms with E-state index in [1.54, 1.807) is 18.2 Å². The molecule has 17 heavy (non-hydrogen) atoms. The fourth-order valence-electron chi connectivity index (χ4n) is 1.24. The van der Waals surface area contributed by atoms with E-state index in [1.165, 1.54) is 24.4 Å². The van der Waals surface area contributed by atoms with Gasteiger partial charge in [-0.3, -0.25) is 0 Å². The number of rotatable bonds is 3. The number of hydrogen-bond donors (Lipinski definition) is 2. The Labute approximate surface area is 96.9 Å². The molecule has 0 fully saturated rings. The molecule has 86 valence electrons. The maximum absolute atomic E-state index is 10.7. The van der Waals surface area contributed by atoms with Crippen molar-refractivity contribution in [2.45, 2.75) is 0 Å². The van der Waals surface area contributed by atoms with Gasteiger partial charge in [0.1, 0.15) is 17.2 Å². The predicted molar refractivity (Wildman–Crippen MR) is 59.4 cm³/mol. The zero-order valence-corrected chi connectivity index (χ0v) is 8.70. The zero-order chi connectivity index (χ0) is 12.3. The number of pyridine rings is 1. The van der Waals surface area contributed by atoms with Gasteiger partial charge in [0.25, 0.3) is 0 Å². The largest absolute Gasteiger partial charge is 0.508 e. The first-order valence-corrected chi connectivity index (χ1v) is 4.81. The quantitative estimate of drug-likeness (QED) is 0.847. The van der Waals surface area contributed by atoms with E-state index in [0.29, 0.717) is 11.5 Å².